The fourth-order valence-corrected chi connectivity index (χ4v) is 1.98. The van der Waals surface area contributed by atoms with Crippen LogP contribution in [0.4, 0.5) is 0 Å². The van der Waals surface area contributed by atoms with Crippen molar-refractivity contribution in [1.82, 2.24) is 5.32 Å². The van der Waals surface area contributed by atoms with Crippen molar-refractivity contribution in [1.29, 1.82) is 0 Å². The SMILES string of the molecule is NCCNC(=O)Cc1ccc2c(c1)CCCO2. The molecule has 0 fully saturated rings. The zero-order valence-corrected chi connectivity index (χ0v) is 9.87. The predicted molar refractivity (Wildman–Crippen MR) is 66.0 cm³/mol. The van der Waals surface area contributed by atoms with Gasteiger partial charge >= 0.3 is 0 Å². The second kappa shape index (κ2) is 5.68. The van der Waals surface area contributed by atoms with Crippen LogP contribution in [0.1, 0.15) is 17.5 Å². The summed E-state index contributed by atoms with van der Waals surface area (Å²) in [7, 11) is 0. The standard InChI is InChI=1S/C13H18N2O2/c14-5-6-15-13(16)9-10-3-4-12-11(8-10)2-1-7-17-12/h3-4,8H,1-2,5-7,9,14H2,(H,15,16). The summed E-state index contributed by atoms with van der Waals surface area (Å²) in [5, 5.41) is 2.77. The molecule has 0 atom stereocenters. The van der Waals surface area contributed by atoms with Gasteiger partial charge in [0.2, 0.25) is 5.91 Å². The molecule has 0 spiro atoms. The number of fused-ring (bicyclic) bond motifs is 1. The maximum absolute atomic E-state index is 11.5. The van der Waals surface area contributed by atoms with Crippen molar-refractivity contribution in [3.63, 3.8) is 0 Å². The van der Waals surface area contributed by atoms with Gasteiger partial charge in [0.25, 0.3) is 0 Å². The van der Waals surface area contributed by atoms with E-state index in [-0.39, 0.29) is 5.91 Å². The number of aryl methyl sites for hydroxylation is 1. The average molecular weight is 234 g/mol. The largest absolute Gasteiger partial charge is 0.493 e. The first-order valence-corrected chi connectivity index (χ1v) is 6.01. The summed E-state index contributed by atoms with van der Waals surface area (Å²) in [4.78, 5) is 11.5. The molecule has 1 aromatic carbocycles. The number of nitrogens with two attached hydrogens (primary N) is 1. The molecule has 1 aliphatic heterocycles. The summed E-state index contributed by atoms with van der Waals surface area (Å²) in [6.07, 6.45) is 2.50. The average Bonchev–Trinajstić information content (AvgIpc) is 2.36. The lowest BCUT2D eigenvalue weighted by molar-refractivity contribution is -0.120. The van der Waals surface area contributed by atoms with Gasteiger partial charge in [-0.3, -0.25) is 4.79 Å². The number of ether oxygens (including phenoxy) is 1. The number of amides is 1. The predicted octanol–water partition coefficient (Wildman–Crippen LogP) is 0.629. The minimum atomic E-state index is 0.0205. The Morgan fingerprint density at radius 3 is 3.18 bits per heavy atom. The minimum absolute atomic E-state index is 0.0205. The van der Waals surface area contributed by atoms with Crippen LogP contribution >= 0.6 is 0 Å². The number of hydrogen-bond donors (Lipinski definition) is 2. The molecule has 0 radical (unpaired) electrons. The van der Waals surface area contributed by atoms with Crippen LogP contribution in [0.2, 0.25) is 0 Å². The molecule has 17 heavy (non-hydrogen) atoms. The normalized spacial score (nSPS) is 13.7. The highest BCUT2D eigenvalue weighted by Crippen LogP contribution is 2.25. The first-order valence-electron chi connectivity index (χ1n) is 6.01. The molecule has 1 heterocycles. The molecular weight excluding hydrogens is 216 g/mol. The van der Waals surface area contributed by atoms with Gasteiger partial charge in [-0.15, -0.1) is 0 Å². The maximum Gasteiger partial charge on any atom is 0.224 e. The third-order valence-electron chi connectivity index (χ3n) is 2.80. The molecule has 1 aromatic rings. The van der Waals surface area contributed by atoms with Gasteiger partial charge < -0.3 is 15.8 Å². The van der Waals surface area contributed by atoms with Crippen LogP contribution in [-0.4, -0.2) is 25.6 Å². The van der Waals surface area contributed by atoms with E-state index in [0.29, 0.717) is 19.5 Å². The Labute approximate surface area is 101 Å². The lowest BCUT2D eigenvalue weighted by atomic mass is 10.0. The number of benzene rings is 1. The Bertz CT molecular complexity index is 404. The van der Waals surface area contributed by atoms with Crippen molar-refractivity contribution >= 4 is 5.91 Å². The maximum atomic E-state index is 11.5. The van der Waals surface area contributed by atoms with Crippen molar-refractivity contribution in [3.05, 3.63) is 29.3 Å². The lowest BCUT2D eigenvalue weighted by Crippen LogP contribution is -2.30. The molecule has 92 valence electrons. The summed E-state index contributed by atoms with van der Waals surface area (Å²) in [5.41, 5.74) is 7.57. The summed E-state index contributed by atoms with van der Waals surface area (Å²) >= 11 is 0. The Balaban J connectivity index is 1.99. The van der Waals surface area contributed by atoms with Crippen LogP contribution < -0.4 is 15.8 Å². The molecule has 1 aliphatic rings. The van der Waals surface area contributed by atoms with Crippen LogP contribution in [0.25, 0.3) is 0 Å². The van der Waals surface area contributed by atoms with Gasteiger partial charge in [0, 0.05) is 13.1 Å². The third kappa shape index (κ3) is 3.20. The van der Waals surface area contributed by atoms with Gasteiger partial charge in [-0.1, -0.05) is 12.1 Å². The van der Waals surface area contributed by atoms with Crippen LogP contribution in [-0.2, 0) is 17.6 Å². The molecule has 2 rings (SSSR count). The molecule has 0 unspecified atom stereocenters. The van der Waals surface area contributed by atoms with Crippen molar-refractivity contribution in [2.24, 2.45) is 5.73 Å². The van der Waals surface area contributed by atoms with Gasteiger partial charge in [-0.2, -0.15) is 0 Å². The number of hydrogen-bond acceptors (Lipinski definition) is 3. The molecule has 0 aromatic heterocycles. The van der Waals surface area contributed by atoms with Gasteiger partial charge in [-0.05, 0) is 30.0 Å². The molecule has 0 aliphatic carbocycles. The Morgan fingerprint density at radius 1 is 1.47 bits per heavy atom. The molecule has 3 N–H and O–H groups in total. The topological polar surface area (TPSA) is 64.3 Å². The van der Waals surface area contributed by atoms with E-state index < -0.39 is 0 Å². The van der Waals surface area contributed by atoms with Gasteiger partial charge in [0.05, 0.1) is 13.0 Å². The Kier molecular flexibility index (Phi) is 3.98. The first-order chi connectivity index (χ1) is 8.29. The molecule has 4 heteroatoms. The minimum Gasteiger partial charge on any atom is -0.493 e. The molecule has 1 amide bonds. The van der Waals surface area contributed by atoms with Crippen molar-refractivity contribution < 1.29 is 9.53 Å². The summed E-state index contributed by atoms with van der Waals surface area (Å²) < 4.78 is 5.53. The highest BCUT2D eigenvalue weighted by atomic mass is 16.5. The van der Waals surface area contributed by atoms with E-state index >= 15 is 0 Å². The van der Waals surface area contributed by atoms with E-state index in [2.05, 4.69) is 11.4 Å². The van der Waals surface area contributed by atoms with Crippen LogP contribution in [0.15, 0.2) is 18.2 Å². The smallest absolute Gasteiger partial charge is 0.224 e. The highest BCUT2D eigenvalue weighted by molar-refractivity contribution is 5.78. The lowest BCUT2D eigenvalue weighted by Gasteiger charge is -2.17. The van der Waals surface area contributed by atoms with Crippen LogP contribution in [0.5, 0.6) is 5.75 Å². The second-order valence-corrected chi connectivity index (χ2v) is 4.21. The number of carbonyl (C=O) groups is 1. The summed E-state index contributed by atoms with van der Waals surface area (Å²) in [5.74, 6) is 0.981. The Morgan fingerprint density at radius 2 is 2.35 bits per heavy atom. The molecular formula is C13H18N2O2. The molecule has 4 nitrogen and oxygen atoms in total. The van der Waals surface area contributed by atoms with E-state index in [4.69, 9.17) is 10.5 Å². The van der Waals surface area contributed by atoms with Crippen LogP contribution in [0.3, 0.4) is 0 Å². The summed E-state index contributed by atoms with van der Waals surface area (Å²) in [6, 6.07) is 5.97. The number of rotatable bonds is 4. The Hall–Kier alpha value is -1.55. The van der Waals surface area contributed by atoms with E-state index in [1.807, 2.05) is 12.1 Å². The van der Waals surface area contributed by atoms with Crippen molar-refractivity contribution in [2.75, 3.05) is 19.7 Å². The zero-order valence-electron chi connectivity index (χ0n) is 9.87. The van der Waals surface area contributed by atoms with Gasteiger partial charge in [0.1, 0.15) is 5.75 Å². The zero-order chi connectivity index (χ0) is 12.1. The van der Waals surface area contributed by atoms with Crippen molar-refractivity contribution in [2.45, 2.75) is 19.3 Å². The monoisotopic (exact) mass is 234 g/mol. The van der Waals surface area contributed by atoms with Crippen molar-refractivity contribution in [3.8, 4) is 5.75 Å². The number of nitrogens with one attached hydrogen (secondary N) is 1. The first kappa shape index (κ1) is 11.9. The van der Waals surface area contributed by atoms with E-state index in [1.165, 1.54) is 5.56 Å². The second-order valence-electron chi connectivity index (χ2n) is 4.21. The van der Waals surface area contributed by atoms with Gasteiger partial charge in [-0.25, -0.2) is 0 Å². The number of carbonyl (C=O) groups excluding carboxylic acids is 1. The summed E-state index contributed by atoms with van der Waals surface area (Å²) in [6.45, 7) is 1.81. The van der Waals surface area contributed by atoms with E-state index in [1.54, 1.807) is 0 Å². The van der Waals surface area contributed by atoms with E-state index in [9.17, 15) is 4.79 Å². The fraction of sp³-hybridized carbons (Fsp3) is 0.462. The van der Waals surface area contributed by atoms with Gasteiger partial charge in [0.15, 0.2) is 0 Å². The van der Waals surface area contributed by atoms with Crippen LogP contribution in [0, 0.1) is 0 Å². The fourth-order valence-electron chi connectivity index (χ4n) is 1.98. The molecule has 0 bridgehead atoms. The highest BCUT2D eigenvalue weighted by Gasteiger charge is 2.11. The quantitative estimate of drug-likeness (QED) is 0.803. The van der Waals surface area contributed by atoms with E-state index in [0.717, 1.165) is 30.8 Å². The molecule has 0 saturated carbocycles. The molecule has 0 saturated heterocycles. The third-order valence-corrected chi connectivity index (χ3v) is 2.80.